The van der Waals surface area contributed by atoms with E-state index in [-0.39, 0.29) is 24.7 Å². The van der Waals surface area contributed by atoms with Crippen molar-refractivity contribution in [1.29, 1.82) is 0 Å². The van der Waals surface area contributed by atoms with Crippen molar-refractivity contribution >= 4 is 11.7 Å². The maximum Gasteiger partial charge on any atom is 0.435 e. The minimum absolute atomic E-state index is 0.0947. The predicted molar refractivity (Wildman–Crippen MR) is 128 cm³/mol. The van der Waals surface area contributed by atoms with Gasteiger partial charge in [0.25, 0.3) is 5.91 Å². The minimum atomic E-state index is -4.77. The van der Waals surface area contributed by atoms with E-state index < -0.39 is 23.3 Å². The molecule has 0 saturated heterocycles. The normalized spacial score (nSPS) is 15.7. The van der Waals surface area contributed by atoms with Gasteiger partial charge in [0.15, 0.2) is 5.69 Å². The second-order valence-corrected chi connectivity index (χ2v) is 9.51. The molecule has 2 aromatic heterocycles. The van der Waals surface area contributed by atoms with Crippen molar-refractivity contribution in [3.8, 4) is 5.69 Å². The summed E-state index contributed by atoms with van der Waals surface area (Å²) in [5.74, 6) is 0.429. The number of hydrogen-bond donors (Lipinski definition) is 1. The molecule has 4 rings (SSSR count). The molecule has 192 valence electrons. The van der Waals surface area contributed by atoms with Crippen LogP contribution in [0.1, 0.15) is 72.3 Å². The number of nitrogens with one attached hydrogen (secondary N) is 1. The standard InChI is InChI=1S/C26H30F3N5O2/c1-16(2)24-31-20-14-17(11-12-21(20)33(24)3)22(35)10-7-13-30-25(36)19-15-34(18-8-5-4-6-9-18)32-23(19)26(27,28)29/h4-6,8-9,15-17H,7,10-14H2,1-3H3,(H,30,36). The average molecular weight is 502 g/mol. The van der Waals surface area contributed by atoms with Crippen LogP contribution in [0.4, 0.5) is 13.2 Å². The van der Waals surface area contributed by atoms with E-state index in [4.69, 9.17) is 4.98 Å². The largest absolute Gasteiger partial charge is 0.435 e. The Bertz CT molecular complexity index is 1240. The molecule has 1 unspecified atom stereocenters. The summed E-state index contributed by atoms with van der Waals surface area (Å²) >= 11 is 0. The molecule has 0 radical (unpaired) electrons. The molecule has 0 bridgehead atoms. The lowest BCUT2D eigenvalue weighted by Gasteiger charge is -2.21. The third-order valence-electron chi connectivity index (χ3n) is 6.61. The number of carbonyl (C=O) groups is 2. The second-order valence-electron chi connectivity index (χ2n) is 9.51. The smallest absolute Gasteiger partial charge is 0.352 e. The van der Waals surface area contributed by atoms with Crippen LogP contribution in [0.3, 0.4) is 0 Å². The molecule has 2 heterocycles. The topological polar surface area (TPSA) is 81.8 Å². The van der Waals surface area contributed by atoms with Crippen molar-refractivity contribution in [1.82, 2.24) is 24.6 Å². The summed E-state index contributed by atoms with van der Waals surface area (Å²) in [4.78, 5) is 30.1. The molecule has 1 N–H and O–H groups in total. The molecule has 10 heteroatoms. The van der Waals surface area contributed by atoms with Gasteiger partial charge in [0.1, 0.15) is 11.6 Å². The minimum Gasteiger partial charge on any atom is -0.352 e. The molecule has 36 heavy (non-hydrogen) atoms. The molecule has 1 aliphatic rings. The first-order valence-corrected chi connectivity index (χ1v) is 12.1. The van der Waals surface area contributed by atoms with E-state index in [1.165, 1.54) is 5.69 Å². The number of halogens is 3. The lowest BCUT2D eigenvalue weighted by molar-refractivity contribution is -0.141. The van der Waals surface area contributed by atoms with Crippen molar-refractivity contribution < 1.29 is 22.8 Å². The molecular weight excluding hydrogens is 471 g/mol. The monoisotopic (exact) mass is 501 g/mol. The zero-order chi connectivity index (χ0) is 26.0. The zero-order valence-electron chi connectivity index (χ0n) is 20.6. The third kappa shape index (κ3) is 5.37. The van der Waals surface area contributed by atoms with Gasteiger partial charge in [-0.3, -0.25) is 9.59 Å². The third-order valence-corrected chi connectivity index (χ3v) is 6.61. The van der Waals surface area contributed by atoms with E-state index in [0.29, 0.717) is 24.4 Å². The van der Waals surface area contributed by atoms with Crippen LogP contribution in [0.15, 0.2) is 36.5 Å². The van der Waals surface area contributed by atoms with Crippen LogP contribution in [-0.4, -0.2) is 37.6 Å². The van der Waals surface area contributed by atoms with Crippen molar-refractivity contribution in [2.75, 3.05) is 6.54 Å². The first kappa shape index (κ1) is 25.7. The van der Waals surface area contributed by atoms with Crippen LogP contribution in [0.2, 0.25) is 0 Å². The number of benzene rings is 1. The maximum absolute atomic E-state index is 13.5. The molecule has 0 spiro atoms. The Morgan fingerprint density at radius 2 is 1.92 bits per heavy atom. The molecule has 0 fully saturated rings. The number of nitrogens with zero attached hydrogens (tertiary/aromatic N) is 4. The highest BCUT2D eigenvalue weighted by atomic mass is 19.4. The van der Waals surface area contributed by atoms with Crippen LogP contribution >= 0.6 is 0 Å². The van der Waals surface area contributed by atoms with Gasteiger partial charge < -0.3 is 9.88 Å². The summed E-state index contributed by atoms with van der Waals surface area (Å²) in [6, 6.07) is 8.28. The Balaban J connectivity index is 1.33. The summed E-state index contributed by atoms with van der Waals surface area (Å²) in [6.07, 6.45) is -0.942. The van der Waals surface area contributed by atoms with Gasteiger partial charge in [0.2, 0.25) is 0 Å². The maximum atomic E-state index is 13.5. The molecule has 7 nitrogen and oxygen atoms in total. The van der Waals surface area contributed by atoms with E-state index >= 15 is 0 Å². The first-order chi connectivity index (χ1) is 17.1. The molecular formula is C26H30F3N5O2. The Morgan fingerprint density at radius 1 is 1.19 bits per heavy atom. The quantitative estimate of drug-likeness (QED) is 0.456. The number of imidazole rings is 1. The second kappa shape index (κ2) is 10.3. The summed E-state index contributed by atoms with van der Waals surface area (Å²) < 4.78 is 43.7. The highest BCUT2D eigenvalue weighted by Gasteiger charge is 2.39. The Hall–Kier alpha value is -3.43. The lowest BCUT2D eigenvalue weighted by Crippen LogP contribution is -2.28. The number of fused-ring (bicyclic) bond motifs is 1. The molecule has 1 amide bonds. The fraction of sp³-hybridized carbons (Fsp3) is 0.462. The summed E-state index contributed by atoms with van der Waals surface area (Å²) in [7, 11) is 2.01. The lowest BCUT2D eigenvalue weighted by atomic mass is 9.85. The number of hydrogen-bond acceptors (Lipinski definition) is 4. The highest BCUT2D eigenvalue weighted by molar-refractivity contribution is 5.95. The molecule has 1 atom stereocenters. The predicted octanol–water partition coefficient (Wildman–Crippen LogP) is 4.63. The number of ketones is 1. The van der Waals surface area contributed by atoms with E-state index in [0.717, 1.165) is 35.2 Å². The number of alkyl halides is 3. The molecule has 3 aromatic rings. The SMILES string of the molecule is CC(C)c1nc2c(n1C)CCC(C(=O)CCCNC(=O)c1cn(-c3ccccc3)nc1C(F)(F)F)C2. The number of amides is 1. The van der Waals surface area contributed by atoms with Gasteiger partial charge in [0.05, 0.1) is 16.9 Å². The van der Waals surface area contributed by atoms with Crippen molar-refractivity contribution in [3.63, 3.8) is 0 Å². The zero-order valence-corrected chi connectivity index (χ0v) is 20.6. The van der Waals surface area contributed by atoms with E-state index in [1.807, 2.05) is 7.05 Å². The number of para-hydroxylation sites is 1. The Kier molecular flexibility index (Phi) is 7.33. The van der Waals surface area contributed by atoms with Crippen LogP contribution < -0.4 is 5.32 Å². The van der Waals surface area contributed by atoms with Gasteiger partial charge in [-0.1, -0.05) is 32.0 Å². The van der Waals surface area contributed by atoms with Crippen molar-refractivity contribution in [2.45, 2.75) is 58.0 Å². The van der Waals surface area contributed by atoms with Crippen molar-refractivity contribution in [2.24, 2.45) is 13.0 Å². The number of carbonyl (C=O) groups excluding carboxylic acids is 2. The fourth-order valence-corrected chi connectivity index (χ4v) is 4.75. The van der Waals surface area contributed by atoms with Crippen molar-refractivity contribution in [3.05, 3.63) is 65.0 Å². The van der Waals surface area contributed by atoms with E-state index in [9.17, 15) is 22.8 Å². The van der Waals surface area contributed by atoms with Gasteiger partial charge >= 0.3 is 6.18 Å². The van der Waals surface area contributed by atoms with Gasteiger partial charge in [-0.15, -0.1) is 0 Å². The molecule has 0 saturated carbocycles. The van der Waals surface area contributed by atoms with Gasteiger partial charge in [-0.2, -0.15) is 18.3 Å². The van der Waals surface area contributed by atoms with Crippen LogP contribution in [0.25, 0.3) is 5.69 Å². The molecule has 1 aliphatic carbocycles. The van der Waals surface area contributed by atoms with Crippen LogP contribution in [-0.2, 0) is 30.9 Å². The molecule has 0 aliphatic heterocycles. The Labute approximate surface area is 207 Å². The van der Waals surface area contributed by atoms with Crippen LogP contribution in [0, 0.1) is 5.92 Å². The molecule has 1 aromatic carbocycles. The Morgan fingerprint density at radius 3 is 2.58 bits per heavy atom. The fourth-order valence-electron chi connectivity index (χ4n) is 4.75. The summed E-state index contributed by atoms with van der Waals surface area (Å²) in [6.45, 7) is 4.28. The van der Waals surface area contributed by atoms with Gasteiger partial charge in [-0.25, -0.2) is 9.67 Å². The number of aromatic nitrogens is 4. The van der Waals surface area contributed by atoms with Gasteiger partial charge in [0, 0.05) is 50.2 Å². The average Bonchev–Trinajstić information content (AvgIpc) is 3.44. The van der Waals surface area contributed by atoms with Gasteiger partial charge in [-0.05, 0) is 31.4 Å². The summed E-state index contributed by atoms with van der Waals surface area (Å²) in [5, 5.41) is 6.11. The van der Waals surface area contributed by atoms with Crippen LogP contribution in [0.5, 0.6) is 0 Å². The highest BCUT2D eigenvalue weighted by Crippen LogP contribution is 2.32. The van der Waals surface area contributed by atoms with E-state index in [1.54, 1.807) is 30.3 Å². The summed E-state index contributed by atoms with van der Waals surface area (Å²) in [5.41, 5.74) is 0.792. The van der Waals surface area contributed by atoms with E-state index in [2.05, 4.69) is 28.8 Å². The number of Topliss-reactive ketones (excluding diaryl/α,β-unsaturated/α-hetero) is 1. The first-order valence-electron chi connectivity index (χ1n) is 12.1. The number of rotatable bonds is 8.